The largest absolute Gasteiger partial charge is 0.481 e. The molecule has 0 bridgehead atoms. The molecule has 2 rings (SSSR count). The molecule has 5 heteroatoms. The molecule has 2 saturated heterocycles. The third-order valence-corrected chi connectivity index (χ3v) is 3.68. The van der Waals surface area contributed by atoms with Gasteiger partial charge in [0, 0.05) is 19.6 Å². The fourth-order valence-electron chi connectivity index (χ4n) is 2.54. The third-order valence-electron chi connectivity index (χ3n) is 3.68. The van der Waals surface area contributed by atoms with Crippen LogP contribution in [0.2, 0.25) is 0 Å². The number of carbonyl (C=O) groups is 2. The van der Waals surface area contributed by atoms with Gasteiger partial charge in [0.1, 0.15) is 0 Å². The molecule has 0 aromatic heterocycles. The Balaban J connectivity index is 1.94. The van der Waals surface area contributed by atoms with Gasteiger partial charge in [0.15, 0.2) is 0 Å². The van der Waals surface area contributed by atoms with Gasteiger partial charge in [-0.15, -0.1) is 0 Å². The summed E-state index contributed by atoms with van der Waals surface area (Å²) >= 11 is 0. The minimum atomic E-state index is -0.784. The van der Waals surface area contributed by atoms with E-state index in [2.05, 4.69) is 12.2 Å². The van der Waals surface area contributed by atoms with Gasteiger partial charge >= 0.3 is 5.97 Å². The van der Waals surface area contributed by atoms with Crippen molar-refractivity contribution in [2.75, 3.05) is 26.2 Å². The first-order chi connectivity index (χ1) is 7.59. The van der Waals surface area contributed by atoms with Crippen LogP contribution in [-0.2, 0) is 9.59 Å². The first kappa shape index (κ1) is 11.4. The molecule has 0 aliphatic carbocycles. The van der Waals surface area contributed by atoms with E-state index >= 15 is 0 Å². The number of aliphatic carboxylic acids is 1. The van der Waals surface area contributed by atoms with Gasteiger partial charge in [-0.25, -0.2) is 0 Å². The minimum absolute atomic E-state index is 0.0348. The lowest BCUT2D eigenvalue weighted by atomic mass is 9.97. The molecule has 5 nitrogen and oxygen atoms in total. The van der Waals surface area contributed by atoms with Gasteiger partial charge in [-0.05, 0) is 18.9 Å². The summed E-state index contributed by atoms with van der Waals surface area (Å²) in [6, 6.07) is 0. The van der Waals surface area contributed by atoms with Gasteiger partial charge in [0.05, 0.1) is 11.8 Å². The van der Waals surface area contributed by atoms with E-state index < -0.39 is 5.97 Å². The number of hydrogen-bond donors (Lipinski definition) is 2. The highest BCUT2D eigenvalue weighted by molar-refractivity contribution is 5.81. The van der Waals surface area contributed by atoms with E-state index in [1.165, 1.54) is 0 Å². The molecule has 0 saturated carbocycles. The van der Waals surface area contributed by atoms with Crippen LogP contribution in [0.3, 0.4) is 0 Å². The molecule has 0 aromatic carbocycles. The van der Waals surface area contributed by atoms with Crippen molar-refractivity contribution in [3.05, 3.63) is 0 Å². The minimum Gasteiger partial charge on any atom is -0.481 e. The van der Waals surface area contributed by atoms with Crippen molar-refractivity contribution in [1.82, 2.24) is 10.2 Å². The SMILES string of the molecule is CC1CNCC1C(=O)N1CCC(C(=O)O)C1. The highest BCUT2D eigenvalue weighted by atomic mass is 16.4. The quantitative estimate of drug-likeness (QED) is 0.682. The van der Waals surface area contributed by atoms with Gasteiger partial charge in [-0.2, -0.15) is 0 Å². The van der Waals surface area contributed by atoms with Gasteiger partial charge in [0.2, 0.25) is 5.91 Å². The number of likely N-dealkylation sites (tertiary alicyclic amines) is 1. The van der Waals surface area contributed by atoms with E-state index in [0.29, 0.717) is 25.4 Å². The zero-order valence-electron chi connectivity index (χ0n) is 9.48. The summed E-state index contributed by atoms with van der Waals surface area (Å²) in [6.45, 7) is 4.66. The maximum absolute atomic E-state index is 12.1. The van der Waals surface area contributed by atoms with Crippen molar-refractivity contribution in [3.63, 3.8) is 0 Å². The lowest BCUT2D eigenvalue weighted by molar-refractivity contribution is -0.141. The summed E-state index contributed by atoms with van der Waals surface area (Å²) in [6.07, 6.45) is 0.593. The molecular formula is C11H18N2O3. The van der Waals surface area contributed by atoms with Crippen LogP contribution < -0.4 is 5.32 Å². The molecule has 0 spiro atoms. The first-order valence-corrected chi connectivity index (χ1v) is 5.82. The topological polar surface area (TPSA) is 69.6 Å². The van der Waals surface area contributed by atoms with E-state index in [0.717, 1.165) is 13.1 Å². The van der Waals surface area contributed by atoms with Gasteiger partial charge < -0.3 is 15.3 Å². The molecule has 3 atom stereocenters. The molecule has 90 valence electrons. The van der Waals surface area contributed by atoms with Crippen LogP contribution in [0, 0.1) is 17.8 Å². The highest BCUT2D eigenvalue weighted by Crippen LogP contribution is 2.23. The first-order valence-electron chi connectivity index (χ1n) is 5.82. The summed E-state index contributed by atoms with van der Waals surface area (Å²) in [5, 5.41) is 12.1. The number of rotatable bonds is 2. The van der Waals surface area contributed by atoms with E-state index in [-0.39, 0.29) is 17.7 Å². The van der Waals surface area contributed by atoms with Gasteiger partial charge in [-0.3, -0.25) is 9.59 Å². The van der Waals surface area contributed by atoms with Crippen molar-refractivity contribution < 1.29 is 14.7 Å². The van der Waals surface area contributed by atoms with Crippen molar-refractivity contribution in [2.45, 2.75) is 13.3 Å². The standard InChI is InChI=1S/C11H18N2O3/c1-7-4-12-5-9(7)10(14)13-3-2-8(6-13)11(15)16/h7-9,12H,2-6H2,1H3,(H,15,16). The maximum Gasteiger partial charge on any atom is 0.308 e. The van der Waals surface area contributed by atoms with Crippen LogP contribution in [0.4, 0.5) is 0 Å². The van der Waals surface area contributed by atoms with Crippen LogP contribution in [0.25, 0.3) is 0 Å². The maximum atomic E-state index is 12.1. The van der Waals surface area contributed by atoms with Crippen molar-refractivity contribution in [1.29, 1.82) is 0 Å². The van der Waals surface area contributed by atoms with Gasteiger partial charge in [0.25, 0.3) is 0 Å². The number of hydrogen-bond acceptors (Lipinski definition) is 3. The Morgan fingerprint density at radius 2 is 2.12 bits per heavy atom. The molecule has 2 fully saturated rings. The summed E-state index contributed by atoms with van der Waals surface area (Å²) in [7, 11) is 0. The smallest absolute Gasteiger partial charge is 0.308 e. The Bertz CT molecular complexity index is 306. The van der Waals surface area contributed by atoms with Crippen LogP contribution >= 0.6 is 0 Å². The zero-order valence-corrected chi connectivity index (χ0v) is 9.48. The van der Waals surface area contributed by atoms with Gasteiger partial charge in [-0.1, -0.05) is 6.92 Å². The molecule has 2 aliphatic rings. The Morgan fingerprint density at radius 1 is 1.38 bits per heavy atom. The second kappa shape index (κ2) is 4.41. The number of nitrogens with zero attached hydrogens (tertiary/aromatic N) is 1. The number of amides is 1. The van der Waals surface area contributed by atoms with Crippen LogP contribution in [0.5, 0.6) is 0 Å². The average Bonchev–Trinajstić information content (AvgIpc) is 2.84. The van der Waals surface area contributed by atoms with E-state index in [4.69, 9.17) is 5.11 Å². The predicted molar refractivity (Wildman–Crippen MR) is 57.8 cm³/mol. The van der Waals surface area contributed by atoms with Crippen LogP contribution in [0.15, 0.2) is 0 Å². The monoisotopic (exact) mass is 226 g/mol. The second-order valence-electron chi connectivity index (χ2n) is 4.85. The average molecular weight is 226 g/mol. The summed E-state index contributed by atoms with van der Waals surface area (Å²) in [5.41, 5.74) is 0. The number of carboxylic acids is 1. The lowest BCUT2D eigenvalue weighted by Crippen LogP contribution is -2.37. The molecule has 2 heterocycles. The fraction of sp³-hybridized carbons (Fsp3) is 0.818. The second-order valence-corrected chi connectivity index (χ2v) is 4.85. The molecule has 16 heavy (non-hydrogen) atoms. The number of carboxylic acid groups (broad SMARTS) is 1. The molecule has 1 amide bonds. The predicted octanol–water partition coefficient (Wildman–Crippen LogP) is -0.225. The van der Waals surface area contributed by atoms with Crippen molar-refractivity contribution in [3.8, 4) is 0 Å². The summed E-state index contributed by atoms with van der Waals surface area (Å²) < 4.78 is 0. The Kier molecular flexibility index (Phi) is 3.14. The fourth-order valence-corrected chi connectivity index (χ4v) is 2.54. The van der Waals surface area contributed by atoms with E-state index in [1.54, 1.807) is 4.90 Å². The number of nitrogens with one attached hydrogen (secondary N) is 1. The highest BCUT2D eigenvalue weighted by Gasteiger charge is 2.37. The van der Waals surface area contributed by atoms with E-state index in [1.807, 2.05) is 0 Å². The summed E-state index contributed by atoms with van der Waals surface area (Å²) in [5.74, 6) is -0.633. The number of carbonyl (C=O) groups excluding carboxylic acids is 1. The van der Waals surface area contributed by atoms with E-state index in [9.17, 15) is 9.59 Å². The van der Waals surface area contributed by atoms with Crippen molar-refractivity contribution >= 4 is 11.9 Å². The Hall–Kier alpha value is -1.10. The molecule has 0 aromatic rings. The molecule has 2 N–H and O–H groups in total. The van der Waals surface area contributed by atoms with Crippen LogP contribution in [0.1, 0.15) is 13.3 Å². The lowest BCUT2D eigenvalue weighted by Gasteiger charge is -2.22. The molecule has 3 unspecified atom stereocenters. The van der Waals surface area contributed by atoms with Crippen molar-refractivity contribution in [2.24, 2.45) is 17.8 Å². The molecule has 2 aliphatic heterocycles. The Labute approximate surface area is 94.8 Å². The normalized spacial score (nSPS) is 34.3. The third kappa shape index (κ3) is 2.04. The molecular weight excluding hydrogens is 208 g/mol. The zero-order chi connectivity index (χ0) is 11.7. The Morgan fingerprint density at radius 3 is 2.62 bits per heavy atom. The summed E-state index contributed by atoms with van der Waals surface area (Å²) in [4.78, 5) is 24.6. The van der Waals surface area contributed by atoms with Crippen LogP contribution in [-0.4, -0.2) is 48.1 Å². The molecule has 0 radical (unpaired) electrons.